The molecule has 13 heavy (non-hydrogen) atoms. The number of hydrogen-bond donors (Lipinski definition) is 2. The SMILES string of the molecule is CC(C)(C)C1CNC(=O)C1C(N)=O. The maximum atomic E-state index is 11.3. The molecule has 1 saturated heterocycles. The van der Waals surface area contributed by atoms with Crippen LogP contribution in [0.4, 0.5) is 0 Å². The third-order valence-corrected chi connectivity index (χ3v) is 2.60. The average Bonchev–Trinajstić information content (AvgIpc) is 2.28. The molecule has 4 heteroatoms. The minimum atomic E-state index is -0.653. The van der Waals surface area contributed by atoms with Gasteiger partial charge in [-0.3, -0.25) is 9.59 Å². The van der Waals surface area contributed by atoms with Gasteiger partial charge >= 0.3 is 0 Å². The van der Waals surface area contributed by atoms with Crippen LogP contribution >= 0.6 is 0 Å². The molecular formula is C9H16N2O2. The van der Waals surface area contributed by atoms with E-state index in [4.69, 9.17) is 5.73 Å². The van der Waals surface area contributed by atoms with Crippen LogP contribution in [0.25, 0.3) is 0 Å². The fourth-order valence-corrected chi connectivity index (χ4v) is 1.75. The Morgan fingerprint density at radius 2 is 2.08 bits per heavy atom. The van der Waals surface area contributed by atoms with Gasteiger partial charge in [0.1, 0.15) is 5.92 Å². The second kappa shape index (κ2) is 3.01. The van der Waals surface area contributed by atoms with Crippen LogP contribution in [0.15, 0.2) is 0 Å². The molecular weight excluding hydrogens is 168 g/mol. The monoisotopic (exact) mass is 184 g/mol. The van der Waals surface area contributed by atoms with Crippen molar-refractivity contribution in [3.05, 3.63) is 0 Å². The van der Waals surface area contributed by atoms with Gasteiger partial charge in [-0.05, 0) is 5.41 Å². The maximum absolute atomic E-state index is 11.3. The summed E-state index contributed by atoms with van der Waals surface area (Å²) in [6.07, 6.45) is 0. The third-order valence-electron chi connectivity index (χ3n) is 2.60. The highest BCUT2D eigenvalue weighted by Gasteiger charge is 2.44. The summed E-state index contributed by atoms with van der Waals surface area (Å²) >= 11 is 0. The van der Waals surface area contributed by atoms with Crippen molar-refractivity contribution in [2.24, 2.45) is 23.0 Å². The van der Waals surface area contributed by atoms with E-state index in [0.717, 1.165) is 0 Å². The van der Waals surface area contributed by atoms with Crippen LogP contribution in [0.2, 0.25) is 0 Å². The van der Waals surface area contributed by atoms with E-state index < -0.39 is 11.8 Å². The van der Waals surface area contributed by atoms with Crippen LogP contribution in [0, 0.1) is 17.3 Å². The lowest BCUT2D eigenvalue weighted by molar-refractivity contribution is -0.133. The Morgan fingerprint density at radius 3 is 2.38 bits per heavy atom. The largest absolute Gasteiger partial charge is 0.369 e. The zero-order valence-corrected chi connectivity index (χ0v) is 8.26. The average molecular weight is 184 g/mol. The fraction of sp³-hybridized carbons (Fsp3) is 0.778. The molecule has 1 aliphatic heterocycles. The van der Waals surface area contributed by atoms with E-state index in [-0.39, 0.29) is 17.2 Å². The number of primary amides is 1. The molecule has 0 aliphatic carbocycles. The quantitative estimate of drug-likeness (QED) is 0.558. The van der Waals surface area contributed by atoms with Crippen molar-refractivity contribution < 1.29 is 9.59 Å². The second-order valence-corrected chi connectivity index (χ2v) is 4.60. The Bertz CT molecular complexity index is 242. The topological polar surface area (TPSA) is 72.2 Å². The first-order valence-electron chi connectivity index (χ1n) is 4.41. The molecule has 3 N–H and O–H groups in total. The van der Waals surface area contributed by atoms with Crippen molar-refractivity contribution in [3.8, 4) is 0 Å². The van der Waals surface area contributed by atoms with Crippen molar-refractivity contribution in [1.29, 1.82) is 0 Å². The van der Waals surface area contributed by atoms with E-state index in [1.807, 2.05) is 20.8 Å². The number of hydrogen-bond acceptors (Lipinski definition) is 2. The van der Waals surface area contributed by atoms with Crippen LogP contribution in [0.1, 0.15) is 20.8 Å². The summed E-state index contributed by atoms with van der Waals surface area (Å²) in [5, 5.41) is 2.67. The smallest absolute Gasteiger partial charge is 0.232 e. The Balaban J connectivity index is 2.88. The molecule has 0 aromatic heterocycles. The predicted molar refractivity (Wildman–Crippen MR) is 48.6 cm³/mol. The number of carbonyl (C=O) groups excluding carboxylic acids is 2. The Labute approximate surface area is 77.9 Å². The Kier molecular flexibility index (Phi) is 2.32. The normalized spacial score (nSPS) is 28.7. The zero-order chi connectivity index (χ0) is 10.2. The number of rotatable bonds is 1. The first kappa shape index (κ1) is 10.0. The molecule has 2 atom stereocenters. The zero-order valence-electron chi connectivity index (χ0n) is 8.26. The Hall–Kier alpha value is -1.06. The maximum Gasteiger partial charge on any atom is 0.232 e. The van der Waals surface area contributed by atoms with Crippen molar-refractivity contribution in [3.63, 3.8) is 0 Å². The lowest BCUT2D eigenvalue weighted by Gasteiger charge is -2.28. The summed E-state index contributed by atoms with van der Waals surface area (Å²) < 4.78 is 0. The first-order chi connectivity index (χ1) is 5.84. The summed E-state index contributed by atoms with van der Waals surface area (Å²) in [6, 6.07) is 0. The molecule has 0 bridgehead atoms. The van der Waals surface area contributed by atoms with E-state index in [2.05, 4.69) is 5.32 Å². The molecule has 1 rings (SSSR count). The van der Waals surface area contributed by atoms with Gasteiger partial charge in [0.2, 0.25) is 11.8 Å². The number of amides is 2. The summed E-state index contributed by atoms with van der Waals surface area (Å²) in [5.41, 5.74) is 5.10. The van der Waals surface area contributed by atoms with E-state index >= 15 is 0 Å². The van der Waals surface area contributed by atoms with E-state index in [1.165, 1.54) is 0 Å². The van der Waals surface area contributed by atoms with Gasteiger partial charge in [0, 0.05) is 12.5 Å². The van der Waals surface area contributed by atoms with Gasteiger partial charge in [0.05, 0.1) is 0 Å². The van der Waals surface area contributed by atoms with E-state index in [1.54, 1.807) is 0 Å². The molecule has 1 heterocycles. The van der Waals surface area contributed by atoms with Gasteiger partial charge in [0.15, 0.2) is 0 Å². The summed E-state index contributed by atoms with van der Waals surface area (Å²) in [4.78, 5) is 22.3. The van der Waals surface area contributed by atoms with Crippen molar-refractivity contribution in [2.75, 3.05) is 6.54 Å². The standard InChI is InChI=1S/C9H16N2O2/c1-9(2,3)5-4-11-8(13)6(5)7(10)12/h5-6H,4H2,1-3H3,(H2,10,12)(H,11,13). The van der Waals surface area contributed by atoms with Crippen molar-refractivity contribution in [1.82, 2.24) is 5.32 Å². The molecule has 4 nitrogen and oxygen atoms in total. The number of nitrogens with one attached hydrogen (secondary N) is 1. The summed E-state index contributed by atoms with van der Waals surface area (Å²) in [7, 11) is 0. The Morgan fingerprint density at radius 1 is 1.54 bits per heavy atom. The van der Waals surface area contributed by atoms with Crippen LogP contribution < -0.4 is 11.1 Å². The number of carbonyl (C=O) groups is 2. The molecule has 0 aromatic carbocycles. The molecule has 0 radical (unpaired) electrons. The fourth-order valence-electron chi connectivity index (χ4n) is 1.75. The van der Waals surface area contributed by atoms with E-state index in [9.17, 15) is 9.59 Å². The van der Waals surface area contributed by atoms with Gasteiger partial charge < -0.3 is 11.1 Å². The molecule has 0 spiro atoms. The first-order valence-corrected chi connectivity index (χ1v) is 4.41. The number of nitrogens with two attached hydrogens (primary N) is 1. The van der Waals surface area contributed by atoms with Crippen molar-refractivity contribution >= 4 is 11.8 Å². The molecule has 1 fully saturated rings. The van der Waals surface area contributed by atoms with Crippen molar-refractivity contribution in [2.45, 2.75) is 20.8 Å². The van der Waals surface area contributed by atoms with Crippen LogP contribution in [0.3, 0.4) is 0 Å². The second-order valence-electron chi connectivity index (χ2n) is 4.60. The highest BCUT2D eigenvalue weighted by atomic mass is 16.2. The molecule has 0 saturated carbocycles. The predicted octanol–water partition coefficient (Wildman–Crippen LogP) is -0.120. The molecule has 0 aromatic rings. The van der Waals surface area contributed by atoms with Crippen LogP contribution in [-0.4, -0.2) is 18.4 Å². The van der Waals surface area contributed by atoms with Crippen LogP contribution in [0.5, 0.6) is 0 Å². The van der Waals surface area contributed by atoms with Gasteiger partial charge in [-0.1, -0.05) is 20.8 Å². The highest BCUT2D eigenvalue weighted by Crippen LogP contribution is 2.34. The lowest BCUT2D eigenvalue weighted by Crippen LogP contribution is -2.37. The third kappa shape index (κ3) is 1.82. The van der Waals surface area contributed by atoms with Gasteiger partial charge in [-0.25, -0.2) is 0 Å². The van der Waals surface area contributed by atoms with E-state index in [0.29, 0.717) is 6.54 Å². The summed E-state index contributed by atoms with van der Waals surface area (Å²) in [5.74, 6) is -1.39. The lowest BCUT2D eigenvalue weighted by atomic mass is 9.74. The van der Waals surface area contributed by atoms with Gasteiger partial charge in [-0.15, -0.1) is 0 Å². The van der Waals surface area contributed by atoms with Gasteiger partial charge in [0.25, 0.3) is 0 Å². The van der Waals surface area contributed by atoms with Gasteiger partial charge in [-0.2, -0.15) is 0 Å². The van der Waals surface area contributed by atoms with Crippen LogP contribution in [-0.2, 0) is 9.59 Å². The summed E-state index contributed by atoms with van der Waals surface area (Å²) in [6.45, 7) is 6.58. The highest BCUT2D eigenvalue weighted by molar-refractivity contribution is 6.01. The minimum Gasteiger partial charge on any atom is -0.369 e. The molecule has 2 amide bonds. The molecule has 1 aliphatic rings. The minimum absolute atomic E-state index is 0.0116. The molecule has 74 valence electrons. The molecule has 2 unspecified atom stereocenters.